The Hall–Kier alpha value is -3.23. The molecule has 5 rings (SSSR count). The van der Waals surface area contributed by atoms with Crippen LogP contribution >= 0.6 is 0 Å². The standard InChI is InChI=1S/C29H35N3O5/c1-20-5-9-22(10-6-20)27(34)31-15-13-29(14-16-31)32(28(35)23-11-7-21(2)8-12-23)25(19-37-29)26(33)30-18-24-4-3-17-36-24/h5-12,24-25H,3-4,13-19H2,1-2H3,(H,30,33)/t24-,25+/m0/s1. The van der Waals surface area contributed by atoms with Crippen LogP contribution in [0.3, 0.4) is 0 Å². The molecule has 0 bridgehead atoms. The number of aryl methyl sites for hydroxylation is 2. The quantitative estimate of drug-likeness (QED) is 0.675. The average molecular weight is 506 g/mol. The number of carbonyl (C=O) groups is 3. The van der Waals surface area contributed by atoms with E-state index in [9.17, 15) is 14.4 Å². The number of hydrogen-bond donors (Lipinski definition) is 1. The number of piperidine rings is 1. The van der Waals surface area contributed by atoms with Gasteiger partial charge in [-0.25, -0.2) is 0 Å². The first-order valence-electron chi connectivity index (χ1n) is 13.2. The number of nitrogens with zero attached hydrogens (tertiary/aromatic N) is 2. The van der Waals surface area contributed by atoms with Crippen LogP contribution in [0.1, 0.15) is 57.5 Å². The van der Waals surface area contributed by atoms with Gasteiger partial charge in [-0.15, -0.1) is 0 Å². The molecule has 2 aromatic rings. The Morgan fingerprint density at radius 1 is 0.919 bits per heavy atom. The number of ether oxygens (including phenoxy) is 2. The smallest absolute Gasteiger partial charge is 0.256 e. The number of nitrogens with one attached hydrogen (secondary N) is 1. The zero-order valence-corrected chi connectivity index (χ0v) is 21.6. The van der Waals surface area contributed by atoms with Gasteiger partial charge in [0.1, 0.15) is 11.8 Å². The molecule has 3 aliphatic rings. The lowest BCUT2D eigenvalue weighted by Crippen LogP contribution is -2.60. The van der Waals surface area contributed by atoms with Crippen LogP contribution < -0.4 is 5.32 Å². The number of rotatable bonds is 5. The molecule has 0 unspecified atom stereocenters. The number of benzene rings is 2. The molecule has 0 saturated carbocycles. The number of likely N-dealkylation sites (tertiary alicyclic amines) is 1. The van der Waals surface area contributed by atoms with E-state index in [1.807, 2.05) is 50.2 Å². The van der Waals surface area contributed by atoms with Crippen molar-refractivity contribution in [1.29, 1.82) is 0 Å². The van der Waals surface area contributed by atoms with E-state index in [1.54, 1.807) is 21.9 Å². The first-order valence-corrected chi connectivity index (χ1v) is 13.2. The van der Waals surface area contributed by atoms with E-state index < -0.39 is 11.8 Å². The number of hydrogen-bond acceptors (Lipinski definition) is 5. The second-order valence-electron chi connectivity index (χ2n) is 10.4. The molecule has 3 fully saturated rings. The molecule has 3 aliphatic heterocycles. The van der Waals surface area contributed by atoms with Crippen molar-refractivity contribution in [1.82, 2.24) is 15.1 Å². The molecule has 3 amide bonds. The van der Waals surface area contributed by atoms with Crippen molar-refractivity contribution in [3.63, 3.8) is 0 Å². The Morgan fingerprint density at radius 2 is 1.51 bits per heavy atom. The molecule has 8 heteroatoms. The molecule has 2 aromatic carbocycles. The highest BCUT2D eigenvalue weighted by Crippen LogP contribution is 2.39. The van der Waals surface area contributed by atoms with Gasteiger partial charge in [-0.2, -0.15) is 0 Å². The van der Waals surface area contributed by atoms with Crippen molar-refractivity contribution in [2.24, 2.45) is 0 Å². The van der Waals surface area contributed by atoms with E-state index in [0.29, 0.717) is 50.2 Å². The van der Waals surface area contributed by atoms with Crippen molar-refractivity contribution in [2.75, 3.05) is 32.8 Å². The van der Waals surface area contributed by atoms with Gasteiger partial charge in [0.05, 0.1) is 12.7 Å². The molecular weight excluding hydrogens is 470 g/mol. The molecule has 1 N–H and O–H groups in total. The summed E-state index contributed by atoms with van der Waals surface area (Å²) < 4.78 is 11.9. The summed E-state index contributed by atoms with van der Waals surface area (Å²) in [6, 6.07) is 14.2. The second kappa shape index (κ2) is 10.6. The van der Waals surface area contributed by atoms with Crippen molar-refractivity contribution < 1.29 is 23.9 Å². The minimum absolute atomic E-state index is 0.0116. The third-order valence-electron chi connectivity index (χ3n) is 7.74. The van der Waals surface area contributed by atoms with Crippen molar-refractivity contribution in [2.45, 2.75) is 57.4 Å². The van der Waals surface area contributed by atoms with Crippen LogP contribution in [-0.2, 0) is 14.3 Å². The van der Waals surface area contributed by atoms with Gasteiger partial charge in [0.2, 0.25) is 5.91 Å². The molecule has 0 aliphatic carbocycles. The molecule has 2 atom stereocenters. The first-order chi connectivity index (χ1) is 17.9. The fraction of sp³-hybridized carbons (Fsp3) is 0.483. The third kappa shape index (κ3) is 5.26. The average Bonchev–Trinajstić information content (AvgIpc) is 3.56. The first kappa shape index (κ1) is 25.4. The van der Waals surface area contributed by atoms with E-state index in [1.165, 1.54) is 0 Å². The Balaban J connectivity index is 1.34. The van der Waals surface area contributed by atoms with E-state index in [2.05, 4.69) is 5.32 Å². The van der Waals surface area contributed by atoms with Gasteiger partial charge in [0.25, 0.3) is 11.8 Å². The van der Waals surface area contributed by atoms with Gasteiger partial charge >= 0.3 is 0 Å². The molecule has 3 saturated heterocycles. The van der Waals surface area contributed by atoms with Crippen molar-refractivity contribution in [3.8, 4) is 0 Å². The molecular formula is C29H35N3O5. The zero-order valence-electron chi connectivity index (χ0n) is 21.6. The fourth-order valence-corrected chi connectivity index (χ4v) is 5.48. The Labute approximate surface area is 217 Å². The minimum Gasteiger partial charge on any atom is -0.376 e. The molecule has 196 valence electrons. The SMILES string of the molecule is Cc1ccc(C(=O)N2CCC3(CC2)OC[C@H](C(=O)NC[C@@H]2CCCO2)N3C(=O)c2ccc(C)cc2)cc1. The molecule has 1 spiro atoms. The monoisotopic (exact) mass is 505 g/mol. The van der Waals surface area contributed by atoms with Crippen molar-refractivity contribution >= 4 is 17.7 Å². The highest BCUT2D eigenvalue weighted by molar-refractivity contribution is 5.98. The largest absolute Gasteiger partial charge is 0.376 e. The maximum absolute atomic E-state index is 13.8. The maximum Gasteiger partial charge on any atom is 0.256 e. The highest BCUT2D eigenvalue weighted by Gasteiger charge is 2.54. The fourth-order valence-electron chi connectivity index (χ4n) is 5.48. The van der Waals surface area contributed by atoms with Crippen LogP contribution in [0.25, 0.3) is 0 Å². The van der Waals surface area contributed by atoms with E-state index in [-0.39, 0.29) is 30.4 Å². The van der Waals surface area contributed by atoms with Crippen molar-refractivity contribution in [3.05, 3.63) is 70.8 Å². The summed E-state index contributed by atoms with van der Waals surface area (Å²) >= 11 is 0. The topological polar surface area (TPSA) is 88.2 Å². The molecule has 3 heterocycles. The Kier molecular flexibility index (Phi) is 7.31. The summed E-state index contributed by atoms with van der Waals surface area (Å²) in [6.45, 7) is 6.10. The van der Waals surface area contributed by atoms with Gasteiger partial charge in [-0.1, -0.05) is 35.4 Å². The van der Waals surface area contributed by atoms with Gasteiger partial charge in [0.15, 0.2) is 0 Å². The van der Waals surface area contributed by atoms with Crippen LogP contribution in [0.2, 0.25) is 0 Å². The predicted octanol–water partition coefficient (Wildman–Crippen LogP) is 3.07. The number of carbonyl (C=O) groups excluding carboxylic acids is 3. The lowest BCUT2D eigenvalue weighted by atomic mass is 9.95. The maximum atomic E-state index is 13.8. The van der Waals surface area contributed by atoms with E-state index in [0.717, 1.165) is 24.0 Å². The van der Waals surface area contributed by atoms with Gasteiger partial charge in [-0.05, 0) is 51.0 Å². The summed E-state index contributed by atoms with van der Waals surface area (Å²) in [6.07, 6.45) is 2.81. The molecule has 37 heavy (non-hydrogen) atoms. The zero-order chi connectivity index (χ0) is 26.0. The summed E-state index contributed by atoms with van der Waals surface area (Å²) in [4.78, 5) is 43.7. The highest BCUT2D eigenvalue weighted by atomic mass is 16.5. The lowest BCUT2D eigenvalue weighted by molar-refractivity contribution is -0.128. The van der Waals surface area contributed by atoms with E-state index >= 15 is 0 Å². The van der Waals surface area contributed by atoms with Crippen LogP contribution in [0.5, 0.6) is 0 Å². The van der Waals surface area contributed by atoms with Crippen LogP contribution in [-0.4, -0.2) is 78.2 Å². The second-order valence-corrected chi connectivity index (χ2v) is 10.4. The number of amides is 3. The summed E-state index contributed by atoms with van der Waals surface area (Å²) in [7, 11) is 0. The summed E-state index contributed by atoms with van der Waals surface area (Å²) in [5, 5.41) is 2.98. The minimum atomic E-state index is -0.933. The Bertz CT molecular complexity index is 1130. The van der Waals surface area contributed by atoms with Gasteiger partial charge in [0, 0.05) is 50.2 Å². The molecule has 8 nitrogen and oxygen atoms in total. The van der Waals surface area contributed by atoms with E-state index in [4.69, 9.17) is 9.47 Å². The van der Waals surface area contributed by atoms with Crippen LogP contribution in [0, 0.1) is 13.8 Å². The van der Waals surface area contributed by atoms with Crippen LogP contribution in [0.15, 0.2) is 48.5 Å². The van der Waals surface area contributed by atoms with Gasteiger partial charge < -0.3 is 19.7 Å². The molecule has 0 radical (unpaired) electrons. The normalized spacial score (nSPS) is 22.9. The lowest BCUT2D eigenvalue weighted by Gasteiger charge is -2.44. The predicted molar refractivity (Wildman–Crippen MR) is 138 cm³/mol. The van der Waals surface area contributed by atoms with Gasteiger partial charge in [-0.3, -0.25) is 19.3 Å². The summed E-state index contributed by atoms with van der Waals surface area (Å²) in [5.74, 6) is -0.491. The van der Waals surface area contributed by atoms with Crippen LogP contribution in [0.4, 0.5) is 0 Å². The third-order valence-corrected chi connectivity index (χ3v) is 7.74. The summed E-state index contributed by atoms with van der Waals surface area (Å²) in [5.41, 5.74) is 2.39. The molecule has 0 aromatic heterocycles. The Morgan fingerprint density at radius 3 is 2.08 bits per heavy atom.